The molecule has 2 rings (SSSR count). The van der Waals surface area contributed by atoms with Crippen molar-refractivity contribution in [1.82, 2.24) is 0 Å². The Kier molecular flexibility index (Phi) is 5.36. The summed E-state index contributed by atoms with van der Waals surface area (Å²) in [5.41, 5.74) is 1.97. The monoisotopic (exact) mass is 248 g/mol. The van der Waals surface area contributed by atoms with Gasteiger partial charge in [-0.2, -0.15) is 0 Å². The summed E-state index contributed by atoms with van der Waals surface area (Å²) in [6, 6.07) is 7.71. The van der Waals surface area contributed by atoms with E-state index in [1.54, 1.807) is 0 Å². The molecule has 0 N–H and O–H groups in total. The first-order valence-corrected chi connectivity index (χ1v) is 6.66. The van der Waals surface area contributed by atoms with Gasteiger partial charge >= 0.3 is 0 Å². The highest BCUT2D eigenvalue weighted by Crippen LogP contribution is 2.14. The van der Waals surface area contributed by atoms with Crippen molar-refractivity contribution in [2.75, 3.05) is 13.2 Å². The van der Waals surface area contributed by atoms with Gasteiger partial charge in [0.2, 0.25) is 0 Å². The van der Waals surface area contributed by atoms with Crippen LogP contribution < -0.4 is 0 Å². The Morgan fingerprint density at radius 2 is 2.11 bits per heavy atom. The zero-order valence-corrected chi connectivity index (χ0v) is 10.6. The lowest BCUT2D eigenvalue weighted by atomic mass is 10.1. The van der Waals surface area contributed by atoms with Gasteiger partial charge in [-0.25, -0.2) is 0 Å². The fourth-order valence-corrected chi connectivity index (χ4v) is 2.10. The molecule has 1 aromatic rings. The van der Waals surface area contributed by atoms with Gasteiger partial charge in [-0.1, -0.05) is 24.3 Å². The average molecular weight is 248 g/mol. The lowest BCUT2D eigenvalue weighted by Gasteiger charge is -2.22. The first-order chi connectivity index (χ1) is 8.88. The van der Waals surface area contributed by atoms with E-state index in [-0.39, 0.29) is 6.29 Å². The number of hydrogen-bond donors (Lipinski definition) is 0. The molecular formula is C15H20O3. The van der Waals surface area contributed by atoms with Gasteiger partial charge in [-0.15, -0.1) is 0 Å². The first-order valence-electron chi connectivity index (χ1n) is 6.66. The molecule has 1 aliphatic rings. The molecule has 0 saturated carbocycles. The van der Waals surface area contributed by atoms with E-state index in [9.17, 15) is 4.79 Å². The number of ether oxygens (including phenoxy) is 2. The van der Waals surface area contributed by atoms with Gasteiger partial charge in [0.25, 0.3) is 0 Å². The molecule has 1 saturated heterocycles. The fraction of sp³-hybridized carbons (Fsp3) is 0.533. The molecule has 3 nitrogen and oxygen atoms in total. The van der Waals surface area contributed by atoms with Gasteiger partial charge < -0.3 is 9.47 Å². The molecule has 0 bridgehead atoms. The molecule has 0 aromatic heterocycles. The Labute approximate surface area is 108 Å². The highest BCUT2D eigenvalue weighted by Gasteiger charge is 2.13. The molecule has 3 heteroatoms. The summed E-state index contributed by atoms with van der Waals surface area (Å²) in [6.07, 6.45) is 6.23. The lowest BCUT2D eigenvalue weighted by molar-refractivity contribution is -0.162. The van der Waals surface area contributed by atoms with Gasteiger partial charge in [0.05, 0.1) is 6.61 Å². The second-order valence-electron chi connectivity index (χ2n) is 4.63. The van der Waals surface area contributed by atoms with Gasteiger partial charge in [-0.05, 0) is 37.7 Å². The zero-order chi connectivity index (χ0) is 12.6. The van der Waals surface area contributed by atoms with Crippen molar-refractivity contribution in [3.05, 3.63) is 35.4 Å². The molecule has 1 fully saturated rings. The topological polar surface area (TPSA) is 35.5 Å². The van der Waals surface area contributed by atoms with Crippen LogP contribution in [0.15, 0.2) is 24.3 Å². The van der Waals surface area contributed by atoms with Crippen LogP contribution in [0.25, 0.3) is 0 Å². The largest absolute Gasteiger partial charge is 0.353 e. The maximum absolute atomic E-state index is 10.5. The molecule has 0 aliphatic carbocycles. The maximum Gasteiger partial charge on any atom is 0.157 e. The van der Waals surface area contributed by atoms with Crippen LogP contribution in [-0.4, -0.2) is 25.8 Å². The fourth-order valence-electron chi connectivity index (χ4n) is 2.10. The molecule has 98 valence electrons. The average Bonchev–Trinajstić information content (AvgIpc) is 2.45. The van der Waals surface area contributed by atoms with Gasteiger partial charge in [0, 0.05) is 12.2 Å². The molecule has 0 spiro atoms. The number of benzene rings is 1. The van der Waals surface area contributed by atoms with Crippen LogP contribution in [0.2, 0.25) is 0 Å². The molecule has 0 radical (unpaired) electrons. The third-order valence-electron chi connectivity index (χ3n) is 3.17. The van der Waals surface area contributed by atoms with Crippen molar-refractivity contribution < 1.29 is 14.3 Å². The highest BCUT2D eigenvalue weighted by molar-refractivity contribution is 5.74. The van der Waals surface area contributed by atoms with E-state index < -0.39 is 0 Å². The Morgan fingerprint density at radius 3 is 2.78 bits per heavy atom. The van der Waals surface area contributed by atoms with Crippen LogP contribution in [-0.2, 0) is 15.9 Å². The summed E-state index contributed by atoms with van der Waals surface area (Å²) in [4.78, 5) is 10.5. The smallest absolute Gasteiger partial charge is 0.157 e. The minimum atomic E-state index is 0.0104. The van der Waals surface area contributed by atoms with E-state index in [4.69, 9.17) is 9.47 Å². The summed E-state index contributed by atoms with van der Waals surface area (Å²) in [6.45, 7) is 1.57. The molecule has 1 atom stereocenters. The minimum absolute atomic E-state index is 0.0104. The van der Waals surface area contributed by atoms with Crippen molar-refractivity contribution in [3.63, 3.8) is 0 Å². The van der Waals surface area contributed by atoms with Crippen molar-refractivity contribution in [2.24, 2.45) is 0 Å². The van der Waals surface area contributed by atoms with E-state index >= 15 is 0 Å². The van der Waals surface area contributed by atoms with E-state index in [1.165, 1.54) is 12.0 Å². The maximum atomic E-state index is 10.5. The van der Waals surface area contributed by atoms with Gasteiger partial charge in [0.15, 0.2) is 6.29 Å². The van der Waals surface area contributed by atoms with E-state index in [0.29, 0.717) is 0 Å². The van der Waals surface area contributed by atoms with Gasteiger partial charge in [0.1, 0.15) is 6.29 Å². The van der Waals surface area contributed by atoms with Gasteiger partial charge in [-0.3, -0.25) is 4.79 Å². The number of rotatable bonds is 6. The Hall–Kier alpha value is -1.19. The summed E-state index contributed by atoms with van der Waals surface area (Å²) < 4.78 is 11.2. The Morgan fingerprint density at radius 1 is 1.28 bits per heavy atom. The van der Waals surface area contributed by atoms with E-state index in [0.717, 1.165) is 50.7 Å². The van der Waals surface area contributed by atoms with E-state index in [2.05, 4.69) is 0 Å². The van der Waals surface area contributed by atoms with Crippen molar-refractivity contribution in [3.8, 4) is 0 Å². The highest BCUT2D eigenvalue weighted by atomic mass is 16.7. The minimum Gasteiger partial charge on any atom is -0.353 e. The summed E-state index contributed by atoms with van der Waals surface area (Å²) in [7, 11) is 0. The van der Waals surface area contributed by atoms with Crippen molar-refractivity contribution in [2.45, 2.75) is 38.4 Å². The SMILES string of the molecule is O=Cc1ccc(CCCOC2CCCCO2)cc1. The molecule has 0 amide bonds. The van der Waals surface area contributed by atoms with Crippen LogP contribution in [0.5, 0.6) is 0 Å². The molecular weight excluding hydrogens is 228 g/mol. The first kappa shape index (κ1) is 13.2. The number of hydrogen-bond acceptors (Lipinski definition) is 3. The van der Waals surface area contributed by atoms with Crippen molar-refractivity contribution in [1.29, 1.82) is 0 Å². The summed E-state index contributed by atoms with van der Waals surface area (Å²) >= 11 is 0. The molecule has 1 heterocycles. The molecule has 1 unspecified atom stereocenters. The quantitative estimate of drug-likeness (QED) is 0.573. The van der Waals surface area contributed by atoms with Crippen LogP contribution in [0.1, 0.15) is 41.6 Å². The molecule has 1 aromatic carbocycles. The second kappa shape index (κ2) is 7.29. The van der Waals surface area contributed by atoms with Crippen molar-refractivity contribution >= 4 is 6.29 Å². The molecule has 1 aliphatic heterocycles. The molecule has 18 heavy (non-hydrogen) atoms. The normalized spacial score (nSPS) is 19.7. The van der Waals surface area contributed by atoms with Crippen LogP contribution in [0.3, 0.4) is 0 Å². The number of aldehydes is 1. The zero-order valence-electron chi connectivity index (χ0n) is 10.6. The van der Waals surface area contributed by atoms with Crippen LogP contribution >= 0.6 is 0 Å². The summed E-state index contributed by atoms with van der Waals surface area (Å²) in [5.74, 6) is 0. The number of carbonyl (C=O) groups excluding carboxylic acids is 1. The summed E-state index contributed by atoms with van der Waals surface area (Å²) in [5, 5.41) is 0. The van der Waals surface area contributed by atoms with Crippen LogP contribution in [0, 0.1) is 0 Å². The number of aryl methyl sites for hydroxylation is 1. The van der Waals surface area contributed by atoms with E-state index in [1.807, 2.05) is 24.3 Å². The Bertz CT molecular complexity index is 353. The second-order valence-corrected chi connectivity index (χ2v) is 4.63. The third-order valence-corrected chi connectivity index (χ3v) is 3.17. The third kappa shape index (κ3) is 4.24. The predicted molar refractivity (Wildman–Crippen MR) is 69.7 cm³/mol. The number of carbonyl (C=O) groups is 1. The van der Waals surface area contributed by atoms with Crippen LogP contribution in [0.4, 0.5) is 0 Å². The standard InChI is InChI=1S/C15H20O3/c16-12-14-8-6-13(7-9-14)4-3-11-18-15-5-1-2-10-17-15/h6-9,12,15H,1-5,10-11H2. The predicted octanol–water partition coefficient (Wildman–Crippen LogP) is 2.97. The lowest BCUT2D eigenvalue weighted by Crippen LogP contribution is -2.22. The Balaban J connectivity index is 1.63.